The highest BCUT2D eigenvalue weighted by atomic mass is 16.3. The summed E-state index contributed by atoms with van der Waals surface area (Å²) >= 11 is 0. The number of hydrogen-bond acceptors (Lipinski definition) is 4. The average Bonchev–Trinajstić information content (AvgIpc) is 3.12. The number of nitrogens with zero attached hydrogens (tertiary/aromatic N) is 1. The van der Waals surface area contributed by atoms with Gasteiger partial charge in [-0.25, -0.2) is 0 Å². The molecule has 1 heterocycles. The monoisotopic (exact) mass is 500 g/mol. The number of rotatable bonds is 7. The van der Waals surface area contributed by atoms with Gasteiger partial charge in [0.15, 0.2) is 0 Å². The van der Waals surface area contributed by atoms with E-state index in [4.69, 9.17) is 0 Å². The Balaban J connectivity index is 1.22. The molecule has 196 valence electrons. The molecule has 0 aromatic heterocycles. The largest absolute Gasteiger partial charge is 0.395 e. The quantitative estimate of drug-likeness (QED) is 0.389. The van der Waals surface area contributed by atoms with Crippen LogP contribution in [0.25, 0.3) is 17.7 Å². The van der Waals surface area contributed by atoms with Gasteiger partial charge in [-0.2, -0.15) is 0 Å². The van der Waals surface area contributed by atoms with Gasteiger partial charge in [0, 0.05) is 25.6 Å². The van der Waals surface area contributed by atoms with Crippen LogP contribution in [-0.2, 0) is 4.79 Å². The third-order valence-electron chi connectivity index (χ3n) is 8.41. The molecule has 2 atom stereocenters. The molecule has 3 N–H and O–H groups in total. The number of carbonyl (C=O) groups is 1. The highest BCUT2D eigenvalue weighted by molar-refractivity contribution is 5.95. The Hall–Kier alpha value is -2.73. The molecule has 3 aliphatic rings. The molecule has 5 rings (SSSR count). The van der Waals surface area contributed by atoms with Crippen LogP contribution in [0.3, 0.4) is 0 Å². The smallest absolute Gasteiger partial charge is 0.222 e. The first-order chi connectivity index (χ1) is 18.1. The number of hydrogen-bond donors (Lipinski definition) is 3. The summed E-state index contributed by atoms with van der Waals surface area (Å²) in [6.45, 7) is 1.37. The Bertz CT molecular complexity index is 1090. The molecular formula is C32H40N2O3. The van der Waals surface area contributed by atoms with Gasteiger partial charge in [0.25, 0.3) is 0 Å². The standard InChI is InChI=1S/C32H40N2O3/c35-22-27(33-32(37)26-10-2-1-3-11-26)16-17-30(36)34-20-18-25(19-21-34)31-28-12-6-4-8-23(28)14-15-24-9-5-7-13-29(24)31/h4-9,12-15,26-27,32-33,35,37H,1-3,10-11,16-22H2/t27-,32?/m0/s1. The minimum Gasteiger partial charge on any atom is -0.395 e. The molecule has 2 aliphatic carbocycles. The molecule has 2 fully saturated rings. The Kier molecular flexibility index (Phi) is 8.55. The van der Waals surface area contributed by atoms with E-state index in [9.17, 15) is 15.0 Å². The second-order valence-corrected chi connectivity index (χ2v) is 10.8. The summed E-state index contributed by atoms with van der Waals surface area (Å²) in [5.41, 5.74) is 7.75. The molecule has 5 nitrogen and oxygen atoms in total. The number of benzene rings is 2. The van der Waals surface area contributed by atoms with Gasteiger partial charge in [-0.15, -0.1) is 0 Å². The van der Waals surface area contributed by atoms with E-state index in [0.29, 0.717) is 12.8 Å². The molecule has 1 saturated heterocycles. The minimum absolute atomic E-state index is 0.0693. The van der Waals surface area contributed by atoms with E-state index in [-0.39, 0.29) is 24.5 Å². The predicted molar refractivity (Wildman–Crippen MR) is 149 cm³/mol. The van der Waals surface area contributed by atoms with Crippen LogP contribution in [0.1, 0.15) is 80.0 Å². The summed E-state index contributed by atoms with van der Waals surface area (Å²) in [7, 11) is 0. The van der Waals surface area contributed by atoms with Crippen LogP contribution < -0.4 is 5.32 Å². The van der Waals surface area contributed by atoms with E-state index in [1.54, 1.807) is 0 Å². The number of amides is 1. The highest BCUT2D eigenvalue weighted by Crippen LogP contribution is 2.38. The zero-order valence-electron chi connectivity index (χ0n) is 21.7. The fraction of sp³-hybridized carbons (Fsp3) is 0.469. The first kappa shape index (κ1) is 25.9. The maximum absolute atomic E-state index is 13.1. The maximum Gasteiger partial charge on any atom is 0.222 e. The SMILES string of the molecule is O=C(CC[C@@H](CO)NC(O)C1CCCCC1)N1CCC(=C2c3ccccc3C=Cc3ccccc32)CC1. The summed E-state index contributed by atoms with van der Waals surface area (Å²) in [5.74, 6) is 0.390. The van der Waals surface area contributed by atoms with Crippen LogP contribution in [0.5, 0.6) is 0 Å². The molecule has 2 aromatic rings. The molecule has 1 aliphatic heterocycles. The van der Waals surface area contributed by atoms with E-state index >= 15 is 0 Å². The molecule has 1 unspecified atom stereocenters. The number of fused-ring (bicyclic) bond motifs is 2. The Morgan fingerprint density at radius 3 is 2.11 bits per heavy atom. The van der Waals surface area contributed by atoms with Gasteiger partial charge in [-0.05, 0) is 65.8 Å². The Morgan fingerprint density at radius 2 is 1.51 bits per heavy atom. The van der Waals surface area contributed by atoms with E-state index < -0.39 is 6.23 Å². The maximum atomic E-state index is 13.1. The van der Waals surface area contributed by atoms with Crippen molar-refractivity contribution in [1.82, 2.24) is 10.2 Å². The lowest BCUT2D eigenvalue weighted by Crippen LogP contribution is -2.46. The third-order valence-corrected chi connectivity index (χ3v) is 8.41. The number of carbonyl (C=O) groups excluding carboxylic acids is 1. The van der Waals surface area contributed by atoms with Crippen molar-refractivity contribution in [3.05, 3.63) is 76.4 Å². The fourth-order valence-electron chi connectivity index (χ4n) is 6.23. The topological polar surface area (TPSA) is 72.8 Å². The van der Waals surface area contributed by atoms with Crippen LogP contribution in [0, 0.1) is 5.92 Å². The second kappa shape index (κ2) is 12.2. The van der Waals surface area contributed by atoms with E-state index in [0.717, 1.165) is 51.6 Å². The predicted octanol–water partition coefficient (Wildman–Crippen LogP) is 5.22. The van der Waals surface area contributed by atoms with Gasteiger partial charge < -0.3 is 15.1 Å². The number of likely N-dealkylation sites (tertiary alicyclic amines) is 1. The van der Waals surface area contributed by atoms with Crippen molar-refractivity contribution in [2.24, 2.45) is 5.92 Å². The lowest BCUT2D eigenvalue weighted by molar-refractivity contribution is -0.132. The lowest BCUT2D eigenvalue weighted by Gasteiger charge is -2.32. The van der Waals surface area contributed by atoms with Crippen LogP contribution in [0.15, 0.2) is 54.1 Å². The van der Waals surface area contributed by atoms with Crippen molar-refractivity contribution in [3.8, 4) is 0 Å². The fourth-order valence-corrected chi connectivity index (χ4v) is 6.23. The summed E-state index contributed by atoms with van der Waals surface area (Å²) < 4.78 is 0. The number of piperidine rings is 1. The summed E-state index contributed by atoms with van der Waals surface area (Å²) in [6.07, 6.45) is 12.1. The van der Waals surface area contributed by atoms with Crippen molar-refractivity contribution in [1.29, 1.82) is 0 Å². The van der Waals surface area contributed by atoms with Gasteiger partial charge >= 0.3 is 0 Å². The molecule has 5 heteroatoms. The van der Waals surface area contributed by atoms with Crippen LogP contribution >= 0.6 is 0 Å². The Morgan fingerprint density at radius 1 is 0.919 bits per heavy atom. The number of aliphatic hydroxyl groups excluding tert-OH is 2. The molecular weight excluding hydrogens is 460 g/mol. The average molecular weight is 501 g/mol. The van der Waals surface area contributed by atoms with Crippen molar-refractivity contribution in [2.45, 2.75) is 70.1 Å². The van der Waals surface area contributed by atoms with Gasteiger partial charge in [-0.1, -0.05) is 85.5 Å². The van der Waals surface area contributed by atoms with E-state index in [1.165, 1.54) is 39.8 Å². The molecule has 1 amide bonds. The molecule has 37 heavy (non-hydrogen) atoms. The van der Waals surface area contributed by atoms with Gasteiger partial charge in [-0.3, -0.25) is 10.1 Å². The molecule has 1 saturated carbocycles. The third kappa shape index (κ3) is 6.06. The molecule has 2 aromatic carbocycles. The van der Waals surface area contributed by atoms with Crippen molar-refractivity contribution in [3.63, 3.8) is 0 Å². The zero-order valence-corrected chi connectivity index (χ0v) is 21.7. The summed E-state index contributed by atoms with van der Waals surface area (Å²) in [5, 5.41) is 23.6. The van der Waals surface area contributed by atoms with Crippen LogP contribution in [0.4, 0.5) is 0 Å². The first-order valence-electron chi connectivity index (χ1n) is 14.1. The number of aliphatic hydroxyl groups is 2. The molecule has 0 spiro atoms. The molecule has 0 radical (unpaired) electrons. The minimum atomic E-state index is -0.600. The van der Waals surface area contributed by atoms with Gasteiger partial charge in [0.05, 0.1) is 6.61 Å². The van der Waals surface area contributed by atoms with Crippen molar-refractivity contribution in [2.75, 3.05) is 19.7 Å². The van der Waals surface area contributed by atoms with E-state index in [2.05, 4.69) is 66.0 Å². The number of nitrogens with one attached hydrogen (secondary N) is 1. The normalized spacial score (nSPS) is 19.7. The summed E-state index contributed by atoms with van der Waals surface area (Å²) in [4.78, 5) is 15.0. The van der Waals surface area contributed by atoms with Crippen molar-refractivity contribution < 1.29 is 15.0 Å². The highest BCUT2D eigenvalue weighted by Gasteiger charge is 2.27. The van der Waals surface area contributed by atoms with Gasteiger partial charge in [0.1, 0.15) is 6.23 Å². The van der Waals surface area contributed by atoms with Crippen LogP contribution in [0.2, 0.25) is 0 Å². The lowest BCUT2D eigenvalue weighted by atomic mass is 9.86. The van der Waals surface area contributed by atoms with Crippen LogP contribution in [-0.4, -0.2) is 53.0 Å². The van der Waals surface area contributed by atoms with E-state index in [1.807, 2.05) is 4.90 Å². The van der Waals surface area contributed by atoms with Crippen molar-refractivity contribution >= 4 is 23.6 Å². The van der Waals surface area contributed by atoms with Gasteiger partial charge in [0.2, 0.25) is 5.91 Å². The Labute approximate surface area is 220 Å². The zero-order chi connectivity index (χ0) is 25.6. The first-order valence-corrected chi connectivity index (χ1v) is 14.1. The molecule has 0 bridgehead atoms. The second-order valence-electron chi connectivity index (χ2n) is 10.8. The summed E-state index contributed by atoms with van der Waals surface area (Å²) in [6, 6.07) is 16.9.